The van der Waals surface area contributed by atoms with E-state index in [0.29, 0.717) is 4.90 Å². The quantitative estimate of drug-likeness (QED) is 0.689. The number of rotatable bonds is 0. The molecule has 0 radical (unpaired) electrons. The zero-order valence-electron chi connectivity index (χ0n) is 11.3. The Hall–Kier alpha value is -1.55. The summed E-state index contributed by atoms with van der Waals surface area (Å²) in [5.41, 5.74) is 4.86. The SMILES string of the molecule is CB1c2cc(C)ccc2-c2ccc(C)cc2S1(=O)=O. The summed E-state index contributed by atoms with van der Waals surface area (Å²) in [7, 11) is -3.27. The van der Waals surface area contributed by atoms with E-state index in [9.17, 15) is 8.42 Å². The maximum Gasteiger partial charge on any atom is 0.327 e. The molecule has 2 aromatic carbocycles. The highest BCUT2D eigenvalue weighted by molar-refractivity contribution is 8.20. The number of aryl methyl sites for hydroxylation is 2. The summed E-state index contributed by atoms with van der Waals surface area (Å²) in [6.45, 7) is 5.69. The lowest BCUT2D eigenvalue weighted by Gasteiger charge is -2.24. The van der Waals surface area contributed by atoms with Crippen LogP contribution in [0.2, 0.25) is 6.82 Å². The smallest absolute Gasteiger partial charge is 0.236 e. The number of hydrogen-bond acceptors (Lipinski definition) is 2. The van der Waals surface area contributed by atoms with Crippen LogP contribution in [0.3, 0.4) is 0 Å². The molecule has 1 aliphatic rings. The lowest BCUT2D eigenvalue weighted by Crippen LogP contribution is -2.40. The minimum absolute atomic E-state index is 0.469. The lowest BCUT2D eigenvalue weighted by molar-refractivity contribution is 0.608. The van der Waals surface area contributed by atoms with Crippen LogP contribution < -0.4 is 5.46 Å². The molecule has 0 aromatic heterocycles. The normalized spacial score (nSPS) is 15.8. The van der Waals surface area contributed by atoms with E-state index in [-0.39, 0.29) is 0 Å². The summed E-state index contributed by atoms with van der Waals surface area (Å²) in [5.74, 6) is -0.475. The molecular weight excluding hydrogens is 255 g/mol. The van der Waals surface area contributed by atoms with Gasteiger partial charge in [0.15, 0.2) is 0 Å². The summed E-state index contributed by atoms with van der Waals surface area (Å²) >= 11 is 0. The van der Waals surface area contributed by atoms with Crippen LogP contribution in [-0.4, -0.2) is 14.4 Å². The minimum Gasteiger partial charge on any atom is -0.236 e. The Morgan fingerprint density at radius 2 is 1.47 bits per heavy atom. The zero-order valence-corrected chi connectivity index (χ0v) is 12.1. The predicted molar refractivity (Wildman–Crippen MR) is 79.8 cm³/mol. The third-order valence-corrected chi connectivity index (χ3v) is 5.98. The van der Waals surface area contributed by atoms with Crippen molar-refractivity contribution in [2.45, 2.75) is 25.6 Å². The van der Waals surface area contributed by atoms with Crippen molar-refractivity contribution in [2.24, 2.45) is 0 Å². The summed E-state index contributed by atoms with van der Waals surface area (Å²) in [6.07, 6.45) is 0. The zero-order chi connectivity index (χ0) is 13.8. The molecule has 2 aromatic rings. The fourth-order valence-corrected chi connectivity index (χ4v) is 4.45. The highest BCUT2D eigenvalue weighted by Gasteiger charge is 2.37. The first-order valence-corrected chi connectivity index (χ1v) is 7.91. The van der Waals surface area contributed by atoms with Crippen molar-refractivity contribution in [3.8, 4) is 11.1 Å². The Bertz CT molecular complexity index is 779. The van der Waals surface area contributed by atoms with E-state index in [2.05, 4.69) is 0 Å². The van der Waals surface area contributed by atoms with Gasteiger partial charge < -0.3 is 0 Å². The maximum atomic E-state index is 12.6. The van der Waals surface area contributed by atoms with Gasteiger partial charge in [0.05, 0.1) is 4.90 Å². The maximum absolute atomic E-state index is 12.6. The van der Waals surface area contributed by atoms with Gasteiger partial charge in [-0.25, -0.2) is 8.42 Å². The summed E-state index contributed by atoms with van der Waals surface area (Å²) in [6, 6.07) is 11.7. The summed E-state index contributed by atoms with van der Waals surface area (Å²) in [4.78, 5) is 0.469. The highest BCUT2D eigenvalue weighted by Crippen LogP contribution is 2.34. The van der Waals surface area contributed by atoms with E-state index in [1.165, 1.54) is 0 Å². The topological polar surface area (TPSA) is 34.1 Å². The van der Waals surface area contributed by atoms with Crippen LogP contribution in [0.1, 0.15) is 11.1 Å². The van der Waals surface area contributed by atoms with Gasteiger partial charge in [-0.15, -0.1) is 0 Å². The summed E-state index contributed by atoms with van der Waals surface area (Å²) < 4.78 is 25.3. The Morgan fingerprint density at radius 3 is 2.16 bits per heavy atom. The average molecular weight is 270 g/mol. The van der Waals surface area contributed by atoms with Crippen LogP contribution in [0, 0.1) is 13.8 Å². The van der Waals surface area contributed by atoms with E-state index in [1.807, 2.05) is 44.2 Å². The van der Waals surface area contributed by atoms with Crippen LogP contribution in [0.4, 0.5) is 0 Å². The molecule has 0 fully saturated rings. The first-order valence-electron chi connectivity index (χ1n) is 6.37. The van der Waals surface area contributed by atoms with Crippen LogP contribution in [0.5, 0.6) is 0 Å². The first-order chi connectivity index (χ1) is 8.91. The molecule has 0 spiro atoms. The predicted octanol–water partition coefficient (Wildman–Crippen LogP) is 2.59. The second-order valence-electron chi connectivity index (χ2n) is 5.28. The van der Waals surface area contributed by atoms with E-state index in [0.717, 1.165) is 27.7 Å². The third-order valence-electron chi connectivity index (χ3n) is 3.84. The molecule has 0 bridgehead atoms. The van der Waals surface area contributed by atoms with Gasteiger partial charge in [-0.1, -0.05) is 48.2 Å². The lowest BCUT2D eigenvalue weighted by atomic mass is 9.66. The molecule has 3 rings (SSSR count). The Morgan fingerprint density at radius 1 is 0.895 bits per heavy atom. The van der Waals surface area contributed by atoms with Gasteiger partial charge in [-0.05, 0) is 36.6 Å². The molecule has 0 N–H and O–H groups in total. The van der Waals surface area contributed by atoms with Gasteiger partial charge in [0.25, 0.3) is 0 Å². The molecule has 1 aliphatic heterocycles. The number of benzene rings is 2. The molecule has 0 unspecified atom stereocenters. The third kappa shape index (κ3) is 1.74. The number of hydrogen-bond donors (Lipinski definition) is 0. The van der Waals surface area contributed by atoms with Crippen LogP contribution >= 0.6 is 0 Å². The summed E-state index contributed by atoms with van der Waals surface area (Å²) in [5, 5.41) is 0. The molecule has 0 amide bonds. The van der Waals surface area contributed by atoms with Crippen molar-refractivity contribution in [3.63, 3.8) is 0 Å². The fraction of sp³-hybridized carbons (Fsp3) is 0.200. The monoisotopic (exact) mass is 270 g/mol. The molecule has 0 saturated carbocycles. The molecule has 0 atom stereocenters. The van der Waals surface area contributed by atoms with Gasteiger partial charge >= 0.3 is 5.99 Å². The first kappa shape index (κ1) is 12.5. The van der Waals surface area contributed by atoms with Crippen molar-refractivity contribution in [1.29, 1.82) is 0 Å². The Labute approximate surface area is 114 Å². The van der Waals surface area contributed by atoms with Gasteiger partial charge in [0, 0.05) is 0 Å². The molecule has 19 heavy (non-hydrogen) atoms. The van der Waals surface area contributed by atoms with Gasteiger partial charge in [-0.3, -0.25) is 0 Å². The molecule has 0 saturated heterocycles. The Balaban J connectivity index is 2.44. The second kappa shape index (κ2) is 3.97. The van der Waals surface area contributed by atoms with Gasteiger partial charge in [0.1, 0.15) is 9.69 Å². The van der Waals surface area contributed by atoms with Gasteiger partial charge in [-0.2, -0.15) is 0 Å². The van der Waals surface area contributed by atoms with E-state index in [4.69, 9.17) is 0 Å². The van der Waals surface area contributed by atoms with E-state index >= 15 is 0 Å². The largest absolute Gasteiger partial charge is 0.327 e. The van der Waals surface area contributed by atoms with Crippen LogP contribution in [0.25, 0.3) is 11.1 Å². The van der Waals surface area contributed by atoms with Gasteiger partial charge in [0.2, 0.25) is 0 Å². The van der Waals surface area contributed by atoms with Crippen LogP contribution in [0.15, 0.2) is 41.3 Å². The molecule has 96 valence electrons. The Kier molecular flexibility index (Phi) is 2.61. The van der Waals surface area contributed by atoms with Crippen LogP contribution in [-0.2, 0) is 9.69 Å². The standard InChI is InChI=1S/C15H15BO2S/c1-10-4-6-12-13-7-5-11(2)9-15(13)19(17,18)16(3)14(12)8-10/h4-9H,1-3H3. The number of fused-ring (bicyclic) bond motifs is 3. The molecule has 0 aliphatic carbocycles. The van der Waals surface area contributed by atoms with Crippen molar-refractivity contribution in [3.05, 3.63) is 47.5 Å². The molecule has 4 heteroatoms. The second-order valence-corrected chi connectivity index (χ2v) is 7.51. The van der Waals surface area contributed by atoms with E-state index in [1.54, 1.807) is 12.9 Å². The minimum atomic E-state index is -3.27. The molecule has 1 heterocycles. The molecule has 2 nitrogen and oxygen atoms in total. The van der Waals surface area contributed by atoms with E-state index < -0.39 is 15.7 Å². The highest BCUT2D eigenvalue weighted by atomic mass is 32.2. The van der Waals surface area contributed by atoms with Crippen molar-refractivity contribution < 1.29 is 8.42 Å². The fourth-order valence-electron chi connectivity index (χ4n) is 2.71. The van der Waals surface area contributed by atoms with Crippen molar-refractivity contribution in [1.82, 2.24) is 0 Å². The van der Waals surface area contributed by atoms with Crippen molar-refractivity contribution >= 4 is 21.1 Å². The molecular formula is C15H15BO2S. The van der Waals surface area contributed by atoms with Crippen molar-refractivity contribution in [2.75, 3.05) is 0 Å². The average Bonchev–Trinajstić information content (AvgIpc) is 2.37.